The topological polar surface area (TPSA) is 192 Å². The molecule has 1 rings (SSSR count). The third-order valence-electron chi connectivity index (χ3n) is 11.3. The molecule has 0 bridgehead atoms. The van der Waals surface area contributed by atoms with Gasteiger partial charge in [0.15, 0.2) is 6.29 Å². The zero-order valence-corrected chi connectivity index (χ0v) is 37.4. The molecule has 1 saturated heterocycles. The van der Waals surface area contributed by atoms with Crippen molar-refractivity contribution in [2.75, 3.05) is 13.2 Å². The number of hydrogen-bond acceptors (Lipinski definition) is 10. The zero-order valence-electron chi connectivity index (χ0n) is 36.6. The van der Waals surface area contributed by atoms with Gasteiger partial charge in [0.1, 0.15) is 24.4 Å². The monoisotopic (exact) mass is 850 g/mol. The van der Waals surface area contributed by atoms with E-state index in [9.17, 15) is 38.2 Å². The molecule has 0 aromatic heterocycles. The molecule has 58 heavy (non-hydrogen) atoms. The van der Waals surface area contributed by atoms with Gasteiger partial charge in [0.2, 0.25) is 5.91 Å². The first-order valence-electron chi connectivity index (χ1n) is 23.6. The van der Waals surface area contributed by atoms with Crippen molar-refractivity contribution >= 4 is 16.3 Å². The van der Waals surface area contributed by atoms with Crippen LogP contribution in [0.15, 0.2) is 12.2 Å². The molecule has 13 heteroatoms. The third kappa shape index (κ3) is 29.2. The predicted molar refractivity (Wildman–Crippen MR) is 232 cm³/mol. The number of nitrogens with one attached hydrogen (secondary N) is 1. The van der Waals surface area contributed by atoms with Crippen molar-refractivity contribution in [3.8, 4) is 0 Å². The highest BCUT2D eigenvalue weighted by molar-refractivity contribution is 7.80. The van der Waals surface area contributed by atoms with Gasteiger partial charge in [-0.1, -0.05) is 199 Å². The van der Waals surface area contributed by atoms with Crippen molar-refractivity contribution in [3.63, 3.8) is 0 Å². The van der Waals surface area contributed by atoms with E-state index in [4.69, 9.17) is 9.47 Å². The van der Waals surface area contributed by atoms with Crippen molar-refractivity contribution in [1.82, 2.24) is 5.32 Å². The number of unbranched alkanes of at least 4 members (excludes halogenated alkanes) is 28. The van der Waals surface area contributed by atoms with E-state index < -0.39 is 59.9 Å². The summed E-state index contributed by atoms with van der Waals surface area (Å²) in [5.41, 5.74) is 0. The summed E-state index contributed by atoms with van der Waals surface area (Å²) in [4.78, 5) is 13.0. The molecule has 7 atom stereocenters. The van der Waals surface area contributed by atoms with Crippen LogP contribution in [0.25, 0.3) is 0 Å². The lowest BCUT2D eigenvalue weighted by molar-refractivity contribution is -0.298. The fourth-order valence-corrected chi connectivity index (χ4v) is 8.14. The minimum Gasteiger partial charge on any atom is -0.394 e. The quantitative estimate of drug-likeness (QED) is 0.0196. The maximum absolute atomic E-state index is 13.0. The smallest absolute Gasteiger partial charge is 0.394 e. The van der Waals surface area contributed by atoms with E-state index in [-0.39, 0.29) is 18.9 Å². The minimum absolute atomic E-state index is 0.262. The highest BCUT2D eigenvalue weighted by Crippen LogP contribution is 2.26. The Morgan fingerprint density at radius 2 is 1.09 bits per heavy atom. The van der Waals surface area contributed by atoms with Crippen LogP contribution < -0.4 is 5.32 Å². The second kappa shape index (κ2) is 36.5. The molecule has 12 nitrogen and oxygen atoms in total. The van der Waals surface area contributed by atoms with Gasteiger partial charge in [-0.15, -0.1) is 0 Å². The molecule has 0 spiro atoms. The summed E-state index contributed by atoms with van der Waals surface area (Å²) in [6.07, 6.45) is 31.1. The van der Waals surface area contributed by atoms with Crippen LogP contribution in [0.2, 0.25) is 0 Å². The average molecular weight is 850 g/mol. The lowest BCUT2D eigenvalue weighted by Crippen LogP contribution is -2.61. The normalized spacial score (nSPS) is 21.1. The summed E-state index contributed by atoms with van der Waals surface area (Å²) in [6.45, 7) is 3.38. The van der Waals surface area contributed by atoms with Gasteiger partial charge in [-0.3, -0.25) is 9.35 Å². The maximum Gasteiger partial charge on any atom is 0.397 e. The fourth-order valence-electron chi connectivity index (χ4n) is 7.63. The van der Waals surface area contributed by atoms with Gasteiger partial charge in [0.25, 0.3) is 0 Å². The lowest BCUT2D eigenvalue weighted by atomic mass is 9.99. The summed E-state index contributed by atoms with van der Waals surface area (Å²) in [5.74, 6) is -0.262. The van der Waals surface area contributed by atoms with Crippen LogP contribution in [0.4, 0.5) is 0 Å². The van der Waals surface area contributed by atoms with Crippen LogP contribution in [-0.2, 0) is 28.9 Å². The number of rotatable bonds is 40. The zero-order chi connectivity index (χ0) is 42.7. The van der Waals surface area contributed by atoms with E-state index in [1.165, 1.54) is 148 Å². The van der Waals surface area contributed by atoms with Gasteiger partial charge in [-0.2, -0.15) is 8.42 Å². The van der Waals surface area contributed by atoms with Crippen LogP contribution in [0.3, 0.4) is 0 Å². The van der Waals surface area contributed by atoms with Gasteiger partial charge in [0.05, 0.1) is 25.4 Å². The molecule has 1 amide bonds. The molecule has 0 aliphatic carbocycles. The highest BCUT2D eigenvalue weighted by atomic mass is 32.3. The van der Waals surface area contributed by atoms with Crippen molar-refractivity contribution in [3.05, 3.63) is 12.2 Å². The second-order valence-electron chi connectivity index (χ2n) is 16.7. The fraction of sp³-hybridized carbons (Fsp3) is 0.933. The number of carbonyl (C=O) groups excluding carboxylic acids is 1. The SMILES string of the molecule is CCCCCCCCCCCCCCCCCCCC/C=C/C(O)C(COC1OC(CO)C(O)C(OS(=O)(=O)O)C1O)NC(=O)CCCCCCCCCCCCC. The van der Waals surface area contributed by atoms with E-state index >= 15 is 0 Å². The van der Waals surface area contributed by atoms with Crippen LogP contribution in [0, 0.1) is 0 Å². The number of allylic oxidation sites excluding steroid dienone is 1. The first-order chi connectivity index (χ1) is 28.0. The Kier molecular flexibility index (Phi) is 34.5. The largest absolute Gasteiger partial charge is 0.397 e. The molecule has 6 N–H and O–H groups in total. The van der Waals surface area contributed by atoms with Gasteiger partial charge < -0.3 is 35.2 Å². The Morgan fingerprint density at radius 3 is 1.50 bits per heavy atom. The second-order valence-corrected chi connectivity index (χ2v) is 17.8. The van der Waals surface area contributed by atoms with Crippen LogP contribution >= 0.6 is 0 Å². The molecule has 7 unspecified atom stereocenters. The number of amides is 1. The summed E-state index contributed by atoms with van der Waals surface area (Å²) < 4.78 is 47.5. The Morgan fingerprint density at radius 1 is 0.672 bits per heavy atom. The predicted octanol–water partition coefficient (Wildman–Crippen LogP) is 9.16. The number of aliphatic hydroxyl groups is 4. The number of aliphatic hydroxyl groups excluding tert-OH is 4. The third-order valence-corrected chi connectivity index (χ3v) is 11.8. The Bertz CT molecular complexity index is 1090. The summed E-state index contributed by atoms with van der Waals surface area (Å²) >= 11 is 0. The molecule has 344 valence electrons. The van der Waals surface area contributed by atoms with Gasteiger partial charge in [-0.25, -0.2) is 4.18 Å². The first-order valence-corrected chi connectivity index (χ1v) is 24.9. The molecular weight excluding hydrogens is 763 g/mol. The minimum atomic E-state index is -5.08. The Hall–Kier alpha value is -1.16. The van der Waals surface area contributed by atoms with E-state index in [1.807, 2.05) is 6.08 Å². The number of carbonyl (C=O) groups is 1. The molecule has 1 aliphatic heterocycles. The highest BCUT2D eigenvalue weighted by Gasteiger charge is 2.48. The molecule has 1 fully saturated rings. The van der Waals surface area contributed by atoms with Gasteiger partial charge in [-0.05, 0) is 19.3 Å². The molecule has 0 saturated carbocycles. The summed E-state index contributed by atoms with van der Waals surface area (Å²) in [7, 11) is -5.08. The first kappa shape index (κ1) is 54.9. The summed E-state index contributed by atoms with van der Waals surface area (Å²) in [6, 6.07) is -0.937. The van der Waals surface area contributed by atoms with Crippen LogP contribution in [0.1, 0.15) is 213 Å². The Balaban J connectivity index is 2.48. The van der Waals surface area contributed by atoms with E-state index in [0.29, 0.717) is 6.42 Å². The average Bonchev–Trinajstić information content (AvgIpc) is 3.19. The Labute approximate surface area is 353 Å². The van der Waals surface area contributed by atoms with E-state index in [1.54, 1.807) is 6.08 Å². The van der Waals surface area contributed by atoms with E-state index in [2.05, 4.69) is 23.3 Å². The van der Waals surface area contributed by atoms with Gasteiger partial charge >= 0.3 is 10.4 Å². The van der Waals surface area contributed by atoms with Crippen molar-refractivity contribution < 1.29 is 51.8 Å². The van der Waals surface area contributed by atoms with Gasteiger partial charge in [0, 0.05) is 6.42 Å². The van der Waals surface area contributed by atoms with Crippen molar-refractivity contribution in [1.29, 1.82) is 0 Å². The summed E-state index contributed by atoms with van der Waals surface area (Å²) in [5, 5.41) is 44.7. The lowest BCUT2D eigenvalue weighted by Gasteiger charge is -2.41. The van der Waals surface area contributed by atoms with E-state index in [0.717, 1.165) is 38.5 Å². The van der Waals surface area contributed by atoms with Crippen molar-refractivity contribution in [2.45, 2.75) is 256 Å². The molecule has 0 aromatic carbocycles. The molecule has 0 radical (unpaired) electrons. The molecular formula is C45H87NO11S. The standard InChI is InChI=1S/C45H87NO11S/c1-3-5-7-9-11-13-15-16-17-18-19-20-21-22-23-25-26-28-30-32-34-39(48)38(46-41(49)35-33-31-29-27-24-14-12-10-8-6-4-2)37-55-45-43(51)44(57-58(52,53)54)42(50)40(36-47)56-45/h32,34,38-40,42-45,47-48,50-51H,3-31,33,35-37H2,1-2H3,(H,46,49)(H,52,53,54)/b34-32+. The molecule has 0 aromatic rings. The van der Waals surface area contributed by atoms with Crippen LogP contribution in [-0.4, -0.2) is 95.4 Å². The number of hydrogen-bond donors (Lipinski definition) is 6. The van der Waals surface area contributed by atoms with Crippen LogP contribution in [0.5, 0.6) is 0 Å². The van der Waals surface area contributed by atoms with Crippen molar-refractivity contribution in [2.24, 2.45) is 0 Å². The molecule has 1 heterocycles. The molecule has 1 aliphatic rings. The maximum atomic E-state index is 13.0. The number of ether oxygens (including phenoxy) is 2.